The quantitative estimate of drug-likeness (QED) is 0.478. The first-order valence-corrected chi connectivity index (χ1v) is 11.6. The van der Waals surface area contributed by atoms with E-state index in [2.05, 4.69) is 30.7 Å². The maximum Gasteiger partial charge on any atom is 0.417 e. The minimum absolute atomic E-state index is 0.00171. The molecule has 2 aliphatic heterocycles. The third-order valence-corrected chi connectivity index (χ3v) is 6.28. The highest BCUT2D eigenvalue weighted by molar-refractivity contribution is 6.04. The zero-order valence-corrected chi connectivity index (χ0v) is 19.8. The molecular formula is C24H24F3N7O3. The van der Waals surface area contributed by atoms with Crippen molar-refractivity contribution >= 4 is 29.0 Å². The highest BCUT2D eigenvalue weighted by Gasteiger charge is 2.32. The van der Waals surface area contributed by atoms with Crippen LogP contribution in [0, 0.1) is 0 Å². The van der Waals surface area contributed by atoms with Crippen molar-refractivity contribution < 1.29 is 27.5 Å². The second-order valence-corrected chi connectivity index (χ2v) is 8.94. The van der Waals surface area contributed by atoms with E-state index < -0.39 is 17.6 Å². The van der Waals surface area contributed by atoms with Gasteiger partial charge in [-0.1, -0.05) is 0 Å². The Morgan fingerprint density at radius 2 is 2.08 bits per heavy atom. The lowest BCUT2D eigenvalue weighted by Gasteiger charge is -2.40. The highest BCUT2D eigenvalue weighted by atomic mass is 19.4. The van der Waals surface area contributed by atoms with Gasteiger partial charge in [-0.05, 0) is 31.2 Å². The number of halogens is 3. The number of nitrogens with zero attached hydrogens (tertiary/aromatic N) is 4. The van der Waals surface area contributed by atoms with Crippen LogP contribution in [-0.2, 0) is 17.5 Å². The predicted octanol–water partition coefficient (Wildman–Crippen LogP) is 3.12. The number of ether oxygens (including phenoxy) is 1. The topological polar surface area (TPSA) is 115 Å². The van der Waals surface area contributed by atoms with Crippen LogP contribution in [0.2, 0.25) is 0 Å². The molecule has 4 heterocycles. The molecule has 2 amide bonds. The number of anilines is 3. The molecule has 194 valence electrons. The average molecular weight is 515 g/mol. The number of alkyl halides is 3. The molecule has 0 saturated carbocycles. The summed E-state index contributed by atoms with van der Waals surface area (Å²) < 4.78 is 43.9. The number of pyridine rings is 1. The molecule has 0 spiro atoms. The molecule has 2 aromatic heterocycles. The van der Waals surface area contributed by atoms with Crippen molar-refractivity contribution in [3.8, 4) is 5.75 Å². The SMILES string of the molecule is CC1CN(Cc2c[nH]nc2C(=O)Nc2ccc3c(c2)OCC(=O)N3)CCN1c1ccc(C(F)(F)F)cn1. The maximum atomic E-state index is 12.9. The van der Waals surface area contributed by atoms with E-state index in [0.717, 1.165) is 12.3 Å². The van der Waals surface area contributed by atoms with Crippen LogP contribution in [0.4, 0.5) is 30.4 Å². The van der Waals surface area contributed by atoms with Crippen LogP contribution in [-0.4, -0.2) is 64.2 Å². The van der Waals surface area contributed by atoms with E-state index in [1.54, 1.807) is 24.4 Å². The number of aromatic nitrogens is 3. The Balaban J connectivity index is 1.20. The highest BCUT2D eigenvalue weighted by Crippen LogP contribution is 2.31. The van der Waals surface area contributed by atoms with Crippen molar-refractivity contribution in [3.05, 3.63) is 59.5 Å². The van der Waals surface area contributed by atoms with Crippen LogP contribution < -0.4 is 20.3 Å². The molecule has 10 nitrogen and oxygen atoms in total. The number of aromatic amines is 1. The average Bonchev–Trinajstić information content (AvgIpc) is 3.32. The summed E-state index contributed by atoms with van der Waals surface area (Å²) in [6.07, 6.45) is -1.89. The van der Waals surface area contributed by atoms with Crippen molar-refractivity contribution in [2.75, 3.05) is 41.8 Å². The fourth-order valence-corrected chi connectivity index (χ4v) is 4.46. The lowest BCUT2D eigenvalue weighted by atomic mass is 10.1. The minimum Gasteiger partial charge on any atom is -0.482 e. The number of carbonyl (C=O) groups excluding carboxylic acids is 2. The van der Waals surface area contributed by atoms with Gasteiger partial charge in [0.25, 0.3) is 11.8 Å². The van der Waals surface area contributed by atoms with Gasteiger partial charge in [-0.15, -0.1) is 0 Å². The summed E-state index contributed by atoms with van der Waals surface area (Å²) in [5, 5.41) is 12.4. The van der Waals surface area contributed by atoms with Crippen LogP contribution >= 0.6 is 0 Å². The van der Waals surface area contributed by atoms with Crippen LogP contribution in [0.25, 0.3) is 0 Å². The van der Waals surface area contributed by atoms with Crippen molar-refractivity contribution in [2.24, 2.45) is 0 Å². The maximum absolute atomic E-state index is 12.9. The van der Waals surface area contributed by atoms with Gasteiger partial charge in [-0.3, -0.25) is 19.6 Å². The number of hydrogen-bond donors (Lipinski definition) is 3. The number of hydrogen-bond acceptors (Lipinski definition) is 7. The zero-order valence-electron chi connectivity index (χ0n) is 19.8. The van der Waals surface area contributed by atoms with Gasteiger partial charge >= 0.3 is 6.18 Å². The first kappa shape index (κ1) is 24.6. The molecule has 2 aliphatic rings. The second-order valence-electron chi connectivity index (χ2n) is 8.94. The summed E-state index contributed by atoms with van der Waals surface area (Å²) in [6.45, 7) is 4.20. The third-order valence-electron chi connectivity index (χ3n) is 6.28. The summed E-state index contributed by atoms with van der Waals surface area (Å²) in [7, 11) is 0. The Morgan fingerprint density at radius 1 is 1.24 bits per heavy atom. The predicted molar refractivity (Wildman–Crippen MR) is 128 cm³/mol. The zero-order chi connectivity index (χ0) is 26.2. The smallest absolute Gasteiger partial charge is 0.417 e. The molecular weight excluding hydrogens is 491 g/mol. The number of piperazine rings is 1. The van der Waals surface area contributed by atoms with E-state index in [0.29, 0.717) is 54.7 Å². The molecule has 37 heavy (non-hydrogen) atoms. The number of amides is 2. The Morgan fingerprint density at radius 3 is 2.81 bits per heavy atom. The normalized spacial score (nSPS) is 18.1. The summed E-state index contributed by atoms with van der Waals surface area (Å²) in [6, 6.07) is 7.39. The van der Waals surface area contributed by atoms with Gasteiger partial charge in [0, 0.05) is 61.9 Å². The first-order chi connectivity index (χ1) is 17.7. The van der Waals surface area contributed by atoms with Crippen molar-refractivity contribution in [3.63, 3.8) is 0 Å². The van der Waals surface area contributed by atoms with E-state index in [-0.39, 0.29) is 24.2 Å². The van der Waals surface area contributed by atoms with Gasteiger partial charge in [-0.2, -0.15) is 18.3 Å². The number of benzene rings is 1. The van der Waals surface area contributed by atoms with Crippen LogP contribution in [0.15, 0.2) is 42.7 Å². The van der Waals surface area contributed by atoms with Crippen LogP contribution in [0.3, 0.4) is 0 Å². The first-order valence-electron chi connectivity index (χ1n) is 11.6. The molecule has 3 N–H and O–H groups in total. The summed E-state index contributed by atoms with van der Waals surface area (Å²) >= 11 is 0. The fraction of sp³-hybridized carbons (Fsp3) is 0.333. The molecule has 0 bridgehead atoms. The molecule has 1 aromatic carbocycles. The molecule has 1 fully saturated rings. The largest absolute Gasteiger partial charge is 0.482 e. The van der Waals surface area contributed by atoms with E-state index in [9.17, 15) is 22.8 Å². The van der Waals surface area contributed by atoms with E-state index in [4.69, 9.17) is 4.74 Å². The molecule has 13 heteroatoms. The molecule has 1 unspecified atom stereocenters. The Bertz CT molecular complexity index is 1310. The van der Waals surface area contributed by atoms with Gasteiger partial charge in [0.15, 0.2) is 12.3 Å². The van der Waals surface area contributed by atoms with Crippen molar-refractivity contribution in [2.45, 2.75) is 25.7 Å². The van der Waals surface area contributed by atoms with Gasteiger partial charge in [0.2, 0.25) is 0 Å². The minimum atomic E-state index is -4.42. The van der Waals surface area contributed by atoms with Crippen LogP contribution in [0.5, 0.6) is 5.75 Å². The van der Waals surface area contributed by atoms with E-state index >= 15 is 0 Å². The molecule has 0 radical (unpaired) electrons. The monoisotopic (exact) mass is 515 g/mol. The Hall–Kier alpha value is -4.13. The Labute approximate surface area is 209 Å². The number of fused-ring (bicyclic) bond motifs is 1. The number of carbonyl (C=O) groups is 2. The fourth-order valence-electron chi connectivity index (χ4n) is 4.46. The lowest BCUT2D eigenvalue weighted by molar-refractivity contribution is -0.137. The van der Waals surface area contributed by atoms with Gasteiger partial charge in [0.1, 0.15) is 11.6 Å². The molecule has 5 rings (SSSR count). The summed E-state index contributed by atoms with van der Waals surface area (Å²) in [5.41, 5.74) is 1.23. The number of nitrogens with one attached hydrogen (secondary N) is 3. The Kier molecular flexibility index (Phi) is 6.46. The molecule has 1 saturated heterocycles. The number of rotatable bonds is 5. The van der Waals surface area contributed by atoms with Gasteiger partial charge < -0.3 is 20.3 Å². The van der Waals surface area contributed by atoms with E-state index in [1.807, 2.05) is 11.8 Å². The lowest BCUT2D eigenvalue weighted by Crippen LogP contribution is -2.52. The van der Waals surface area contributed by atoms with E-state index in [1.165, 1.54) is 6.07 Å². The van der Waals surface area contributed by atoms with Crippen molar-refractivity contribution in [1.29, 1.82) is 0 Å². The standard InChI is InChI=1S/C24H24F3N7O3/c1-14-11-33(6-7-34(14)20-5-2-16(10-28-20)24(25,26)27)12-15-9-29-32-22(15)23(36)30-17-3-4-18-19(8-17)37-13-21(35)31-18/h2-5,8-10,14H,6-7,11-13H2,1H3,(H,29,32)(H,30,36)(H,31,35). The summed E-state index contributed by atoms with van der Waals surface area (Å²) in [4.78, 5) is 32.5. The van der Waals surface area contributed by atoms with Crippen molar-refractivity contribution in [1.82, 2.24) is 20.1 Å². The van der Waals surface area contributed by atoms with Gasteiger partial charge in [-0.25, -0.2) is 4.98 Å². The molecule has 0 aliphatic carbocycles. The summed E-state index contributed by atoms with van der Waals surface area (Å²) in [5.74, 6) is 0.332. The third kappa shape index (κ3) is 5.35. The van der Waals surface area contributed by atoms with Crippen LogP contribution in [0.1, 0.15) is 28.5 Å². The molecule has 1 atom stereocenters. The number of H-pyrrole nitrogens is 1. The molecule has 3 aromatic rings. The second kappa shape index (κ2) is 9.73. The van der Waals surface area contributed by atoms with Gasteiger partial charge in [0.05, 0.1) is 11.3 Å².